The fraction of sp³-hybridized carbons (Fsp3) is 0.294. The van der Waals surface area contributed by atoms with Crippen molar-refractivity contribution in [3.8, 4) is 17.2 Å². The van der Waals surface area contributed by atoms with Crippen molar-refractivity contribution >= 4 is 0 Å². The Morgan fingerprint density at radius 2 is 1.43 bits per heavy atom. The zero-order valence-electron chi connectivity index (χ0n) is 12.7. The largest absolute Gasteiger partial charge is 0.496 e. The number of hydrogen-bond donors (Lipinski definition) is 1. The third-order valence-corrected chi connectivity index (χ3v) is 3.42. The van der Waals surface area contributed by atoms with Crippen LogP contribution < -0.4 is 14.2 Å². The van der Waals surface area contributed by atoms with Crippen LogP contribution in [0.4, 0.5) is 0 Å². The Bertz CT molecular complexity index is 600. The van der Waals surface area contributed by atoms with E-state index in [1.54, 1.807) is 33.5 Å². The summed E-state index contributed by atoms with van der Waals surface area (Å²) in [6, 6.07) is 11.1. The predicted molar refractivity (Wildman–Crippen MR) is 81.3 cm³/mol. The molecule has 4 nitrogen and oxygen atoms in total. The summed E-state index contributed by atoms with van der Waals surface area (Å²) in [6.45, 7) is 1.97. The fourth-order valence-electron chi connectivity index (χ4n) is 2.37. The Morgan fingerprint density at radius 1 is 0.857 bits per heavy atom. The highest BCUT2D eigenvalue weighted by Crippen LogP contribution is 2.40. The van der Waals surface area contributed by atoms with E-state index in [9.17, 15) is 5.11 Å². The molecule has 0 aliphatic carbocycles. The van der Waals surface area contributed by atoms with Crippen LogP contribution in [-0.2, 0) is 0 Å². The second kappa shape index (κ2) is 6.50. The van der Waals surface area contributed by atoms with E-state index in [2.05, 4.69) is 0 Å². The average molecular weight is 288 g/mol. The molecule has 0 radical (unpaired) electrons. The van der Waals surface area contributed by atoms with Gasteiger partial charge in [-0.2, -0.15) is 0 Å². The monoisotopic (exact) mass is 288 g/mol. The van der Waals surface area contributed by atoms with E-state index < -0.39 is 6.10 Å². The Hall–Kier alpha value is -2.20. The number of hydrogen-bond acceptors (Lipinski definition) is 4. The van der Waals surface area contributed by atoms with Gasteiger partial charge in [0.2, 0.25) is 0 Å². The van der Waals surface area contributed by atoms with E-state index in [4.69, 9.17) is 14.2 Å². The van der Waals surface area contributed by atoms with Crippen molar-refractivity contribution in [1.82, 2.24) is 0 Å². The Kier molecular flexibility index (Phi) is 4.70. The molecule has 0 heterocycles. The Labute approximate surface area is 124 Å². The second-order valence-corrected chi connectivity index (χ2v) is 4.72. The quantitative estimate of drug-likeness (QED) is 0.918. The molecule has 2 aromatic carbocycles. The van der Waals surface area contributed by atoms with E-state index in [0.717, 1.165) is 5.56 Å². The molecule has 0 bridgehead atoms. The standard InChI is InChI=1S/C17H20O4/c1-11-8-9-13(19-2)12(10-11)17(18)16-14(20-3)6-5-7-15(16)21-4/h5-10,17-18H,1-4H3. The molecule has 0 aromatic heterocycles. The van der Waals surface area contributed by atoms with Crippen LogP contribution in [0.3, 0.4) is 0 Å². The summed E-state index contributed by atoms with van der Waals surface area (Å²) >= 11 is 0. The molecule has 0 fully saturated rings. The lowest BCUT2D eigenvalue weighted by atomic mass is 9.97. The highest BCUT2D eigenvalue weighted by Gasteiger charge is 2.23. The molecule has 1 atom stereocenters. The van der Waals surface area contributed by atoms with Crippen LogP contribution in [0.2, 0.25) is 0 Å². The van der Waals surface area contributed by atoms with E-state index in [0.29, 0.717) is 28.4 Å². The number of ether oxygens (including phenoxy) is 3. The molecule has 1 unspecified atom stereocenters. The summed E-state index contributed by atoms with van der Waals surface area (Å²) in [4.78, 5) is 0. The lowest BCUT2D eigenvalue weighted by molar-refractivity contribution is 0.204. The third kappa shape index (κ3) is 2.95. The second-order valence-electron chi connectivity index (χ2n) is 4.72. The van der Waals surface area contributed by atoms with Gasteiger partial charge < -0.3 is 19.3 Å². The molecule has 0 spiro atoms. The molecule has 1 N–H and O–H groups in total. The molecule has 0 saturated heterocycles. The van der Waals surface area contributed by atoms with Crippen LogP contribution in [0.15, 0.2) is 36.4 Å². The van der Waals surface area contributed by atoms with Gasteiger partial charge in [-0.1, -0.05) is 17.7 Å². The maximum absolute atomic E-state index is 10.8. The van der Waals surface area contributed by atoms with E-state index in [1.165, 1.54) is 0 Å². The van der Waals surface area contributed by atoms with Crippen LogP contribution in [0.25, 0.3) is 0 Å². The van der Waals surface area contributed by atoms with Crippen molar-refractivity contribution in [3.05, 3.63) is 53.1 Å². The summed E-state index contributed by atoms with van der Waals surface area (Å²) < 4.78 is 16.1. The Morgan fingerprint density at radius 3 is 1.95 bits per heavy atom. The van der Waals surface area contributed by atoms with Gasteiger partial charge in [0.1, 0.15) is 23.4 Å². The Balaban J connectivity index is 2.59. The maximum atomic E-state index is 10.8. The number of benzene rings is 2. The fourth-order valence-corrected chi connectivity index (χ4v) is 2.37. The summed E-state index contributed by atoms with van der Waals surface area (Å²) in [5.41, 5.74) is 2.31. The van der Waals surface area contributed by atoms with Gasteiger partial charge in [-0.3, -0.25) is 0 Å². The van der Waals surface area contributed by atoms with Gasteiger partial charge in [-0.15, -0.1) is 0 Å². The molecule has 2 aromatic rings. The van der Waals surface area contributed by atoms with Crippen molar-refractivity contribution in [2.45, 2.75) is 13.0 Å². The first-order chi connectivity index (χ1) is 10.1. The average Bonchev–Trinajstić information content (AvgIpc) is 2.53. The first-order valence-electron chi connectivity index (χ1n) is 6.65. The van der Waals surface area contributed by atoms with Gasteiger partial charge in [0, 0.05) is 5.56 Å². The number of aryl methyl sites for hydroxylation is 1. The van der Waals surface area contributed by atoms with Gasteiger partial charge in [0.05, 0.1) is 26.9 Å². The minimum Gasteiger partial charge on any atom is -0.496 e. The maximum Gasteiger partial charge on any atom is 0.128 e. The lowest BCUT2D eigenvalue weighted by Crippen LogP contribution is -2.07. The van der Waals surface area contributed by atoms with Crippen molar-refractivity contribution in [2.24, 2.45) is 0 Å². The van der Waals surface area contributed by atoms with Gasteiger partial charge in [-0.05, 0) is 31.2 Å². The van der Waals surface area contributed by atoms with Crippen LogP contribution in [0, 0.1) is 6.92 Å². The number of aliphatic hydroxyl groups is 1. The van der Waals surface area contributed by atoms with E-state index >= 15 is 0 Å². The third-order valence-electron chi connectivity index (χ3n) is 3.42. The SMILES string of the molecule is COc1ccc(C)cc1C(O)c1c(OC)cccc1OC. The van der Waals surface area contributed by atoms with Crippen LogP contribution >= 0.6 is 0 Å². The van der Waals surface area contributed by atoms with Crippen LogP contribution in [0.1, 0.15) is 22.8 Å². The highest BCUT2D eigenvalue weighted by atomic mass is 16.5. The summed E-state index contributed by atoms with van der Waals surface area (Å²) in [7, 11) is 4.72. The molecule has 2 rings (SSSR count). The van der Waals surface area contributed by atoms with Crippen molar-refractivity contribution in [2.75, 3.05) is 21.3 Å². The molecule has 0 amide bonds. The number of methoxy groups -OCH3 is 3. The van der Waals surface area contributed by atoms with Gasteiger partial charge in [-0.25, -0.2) is 0 Å². The highest BCUT2D eigenvalue weighted by molar-refractivity contribution is 5.52. The summed E-state index contributed by atoms with van der Waals surface area (Å²) in [6.07, 6.45) is -0.897. The molecular weight excluding hydrogens is 268 g/mol. The van der Waals surface area contributed by atoms with Crippen molar-refractivity contribution in [1.29, 1.82) is 0 Å². The summed E-state index contributed by atoms with van der Waals surface area (Å²) in [5, 5.41) is 10.8. The van der Waals surface area contributed by atoms with Gasteiger partial charge >= 0.3 is 0 Å². The summed E-state index contributed by atoms with van der Waals surface area (Å²) in [5.74, 6) is 1.77. The van der Waals surface area contributed by atoms with Gasteiger partial charge in [0.25, 0.3) is 0 Å². The zero-order valence-corrected chi connectivity index (χ0v) is 12.7. The van der Waals surface area contributed by atoms with Crippen molar-refractivity contribution in [3.63, 3.8) is 0 Å². The van der Waals surface area contributed by atoms with Crippen LogP contribution in [-0.4, -0.2) is 26.4 Å². The predicted octanol–water partition coefficient (Wildman–Crippen LogP) is 3.10. The van der Waals surface area contributed by atoms with Gasteiger partial charge in [0.15, 0.2) is 0 Å². The number of rotatable bonds is 5. The molecule has 21 heavy (non-hydrogen) atoms. The topological polar surface area (TPSA) is 47.9 Å². The smallest absolute Gasteiger partial charge is 0.128 e. The normalized spacial score (nSPS) is 11.9. The van der Waals surface area contributed by atoms with Crippen LogP contribution in [0.5, 0.6) is 17.2 Å². The first kappa shape index (κ1) is 15.2. The lowest BCUT2D eigenvalue weighted by Gasteiger charge is -2.20. The number of aliphatic hydroxyl groups excluding tert-OH is 1. The zero-order chi connectivity index (χ0) is 15.4. The molecule has 0 aliphatic rings. The van der Waals surface area contributed by atoms with E-state index in [-0.39, 0.29) is 0 Å². The molecule has 4 heteroatoms. The first-order valence-corrected chi connectivity index (χ1v) is 6.65. The molecule has 0 saturated carbocycles. The van der Waals surface area contributed by atoms with Crippen molar-refractivity contribution < 1.29 is 19.3 Å². The minimum atomic E-state index is -0.897. The molecule has 112 valence electrons. The molecular formula is C17H20O4. The minimum absolute atomic E-state index is 0.574. The molecule has 0 aliphatic heterocycles. The van der Waals surface area contributed by atoms with E-state index in [1.807, 2.05) is 31.2 Å².